The fourth-order valence-electron chi connectivity index (χ4n) is 5.59. The summed E-state index contributed by atoms with van der Waals surface area (Å²) in [7, 11) is -2.38. The molecule has 194 valence electrons. The highest BCUT2D eigenvalue weighted by Gasteiger charge is 2.53. The van der Waals surface area contributed by atoms with Crippen LogP contribution in [-0.4, -0.2) is 18.1 Å². The maximum Gasteiger partial charge on any atom is 0.262 e. The van der Waals surface area contributed by atoms with E-state index in [0.717, 1.165) is 30.0 Å². The number of hydrogen-bond donors (Lipinski definition) is 0. The molecule has 0 spiro atoms. The minimum absolute atomic E-state index is 0.653. The molecule has 0 saturated carbocycles. The number of rotatable bonds is 7. The summed E-state index contributed by atoms with van der Waals surface area (Å²) in [5.41, 5.74) is 2.18. The molecule has 3 nitrogen and oxygen atoms in total. The average molecular weight is 530 g/mol. The molecule has 0 N–H and O–H groups in total. The lowest BCUT2D eigenvalue weighted by molar-refractivity contribution is 0.529. The Kier molecular flexibility index (Phi) is 7.70. The molecule has 5 aromatic rings. The molecule has 1 aliphatic heterocycles. The molecule has 39 heavy (non-hydrogen) atoms. The predicted molar refractivity (Wildman–Crippen MR) is 167 cm³/mol. The Morgan fingerprint density at radius 3 is 1.51 bits per heavy atom. The maximum absolute atomic E-state index is 6.76. The SMILES string of the molecule is C(=C/c1nc([P+](c2ccccc2)(c2ccccc2)c2ccccc2)c(N2CCCCCC2)o1)/c1ccccc1. The van der Waals surface area contributed by atoms with E-state index in [1.54, 1.807) is 0 Å². The molecular formula is C35H34N2OP+. The highest BCUT2D eigenvalue weighted by atomic mass is 31.2. The van der Waals surface area contributed by atoms with E-state index in [0.29, 0.717) is 5.89 Å². The van der Waals surface area contributed by atoms with Gasteiger partial charge in [-0.1, -0.05) is 97.8 Å². The highest BCUT2D eigenvalue weighted by molar-refractivity contribution is 8.01. The molecule has 0 bridgehead atoms. The Hall–Kier alpha value is -3.94. The van der Waals surface area contributed by atoms with E-state index in [2.05, 4.69) is 126 Å². The molecule has 1 saturated heterocycles. The van der Waals surface area contributed by atoms with Gasteiger partial charge in [0, 0.05) is 19.2 Å². The standard InChI is InChI=1S/C35H34N2OP/c1-2-16-28-37(27-15-1)35-34(36-33(38-35)26-25-29-17-7-3-8-18-29)39(30-19-9-4-10-20-30,31-21-11-5-12-22-31)32-23-13-6-14-24-32/h3-14,17-26H,1-2,15-16,27-28H2/q+1/b26-25-. The molecular weight excluding hydrogens is 495 g/mol. The number of oxazole rings is 1. The van der Waals surface area contributed by atoms with Crippen molar-refractivity contribution in [3.05, 3.63) is 133 Å². The lowest BCUT2D eigenvalue weighted by atomic mass is 10.2. The Balaban J connectivity index is 1.63. The summed E-state index contributed by atoms with van der Waals surface area (Å²) in [6.07, 6.45) is 8.98. The number of benzene rings is 4. The first-order valence-electron chi connectivity index (χ1n) is 13.9. The van der Waals surface area contributed by atoms with Gasteiger partial charge in [-0.3, -0.25) is 0 Å². The summed E-state index contributed by atoms with van der Waals surface area (Å²) in [4.78, 5) is 7.84. The second kappa shape index (κ2) is 11.8. The van der Waals surface area contributed by atoms with E-state index < -0.39 is 7.26 Å². The van der Waals surface area contributed by atoms with Crippen LogP contribution in [0.15, 0.2) is 126 Å². The molecule has 4 heteroatoms. The van der Waals surface area contributed by atoms with Crippen molar-refractivity contribution in [2.45, 2.75) is 25.7 Å². The van der Waals surface area contributed by atoms with Crippen LogP contribution in [0.2, 0.25) is 0 Å². The van der Waals surface area contributed by atoms with Gasteiger partial charge in [0.05, 0.1) is 0 Å². The van der Waals surface area contributed by atoms with Crippen molar-refractivity contribution in [1.29, 1.82) is 0 Å². The molecule has 1 fully saturated rings. The van der Waals surface area contributed by atoms with Gasteiger partial charge in [-0.25, -0.2) is 0 Å². The molecule has 1 aliphatic rings. The smallest absolute Gasteiger partial charge is 0.262 e. The van der Waals surface area contributed by atoms with Crippen LogP contribution in [0.1, 0.15) is 37.1 Å². The van der Waals surface area contributed by atoms with Gasteiger partial charge in [0.1, 0.15) is 15.9 Å². The van der Waals surface area contributed by atoms with E-state index in [1.807, 2.05) is 12.1 Å². The maximum atomic E-state index is 6.76. The number of aromatic nitrogens is 1. The molecule has 0 atom stereocenters. The molecule has 6 rings (SSSR count). The minimum atomic E-state index is -2.38. The fraction of sp³-hybridized carbons (Fsp3) is 0.171. The van der Waals surface area contributed by atoms with Crippen LogP contribution in [0.3, 0.4) is 0 Å². The summed E-state index contributed by atoms with van der Waals surface area (Å²) in [5.74, 6) is 1.58. The number of nitrogens with zero attached hydrogens (tertiary/aromatic N) is 2. The zero-order valence-corrected chi connectivity index (χ0v) is 23.1. The van der Waals surface area contributed by atoms with Crippen molar-refractivity contribution in [2.24, 2.45) is 0 Å². The molecule has 0 amide bonds. The Labute approximate surface area is 232 Å². The predicted octanol–water partition coefficient (Wildman–Crippen LogP) is 6.84. The van der Waals surface area contributed by atoms with Gasteiger partial charge in [0.25, 0.3) is 11.3 Å². The van der Waals surface area contributed by atoms with Gasteiger partial charge < -0.3 is 9.32 Å². The van der Waals surface area contributed by atoms with Crippen LogP contribution in [0.25, 0.3) is 12.2 Å². The number of hydrogen-bond acceptors (Lipinski definition) is 3. The third-order valence-corrected chi connectivity index (χ3v) is 11.6. The van der Waals surface area contributed by atoms with Crippen molar-refractivity contribution >= 4 is 46.6 Å². The first-order valence-corrected chi connectivity index (χ1v) is 15.7. The van der Waals surface area contributed by atoms with Crippen LogP contribution < -0.4 is 26.2 Å². The van der Waals surface area contributed by atoms with Crippen LogP contribution in [0.5, 0.6) is 0 Å². The van der Waals surface area contributed by atoms with Gasteiger partial charge >= 0.3 is 0 Å². The van der Waals surface area contributed by atoms with Gasteiger partial charge in [-0.15, -0.1) is 0 Å². The van der Waals surface area contributed by atoms with Gasteiger partial charge in [0.2, 0.25) is 5.89 Å². The van der Waals surface area contributed by atoms with Crippen molar-refractivity contribution in [2.75, 3.05) is 18.0 Å². The summed E-state index contributed by atoms with van der Waals surface area (Å²) in [5, 5.41) is 3.85. The van der Waals surface area contributed by atoms with E-state index in [1.165, 1.54) is 41.6 Å². The summed E-state index contributed by atoms with van der Waals surface area (Å²) >= 11 is 0. The lowest BCUT2D eigenvalue weighted by Gasteiger charge is -2.28. The van der Waals surface area contributed by atoms with E-state index in [-0.39, 0.29) is 0 Å². The average Bonchev–Trinajstić information content (AvgIpc) is 3.24. The van der Waals surface area contributed by atoms with Gasteiger partial charge in [0.15, 0.2) is 7.26 Å². The minimum Gasteiger partial charge on any atom is -0.417 e. The molecule has 0 unspecified atom stereocenters. The quantitative estimate of drug-likeness (QED) is 0.216. The Morgan fingerprint density at radius 2 is 1.03 bits per heavy atom. The first-order chi connectivity index (χ1) is 19.4. The van der Waals surface area contributed by atoms with E-state index in [9.17, 15) is 0 Å². The van der Waals surface area contributed by atoms with E-state index in [4.69, 9.17) is 9.40 Å². The second-order valence-corrected chi connectivity index (χ2v) is 13.3. The normalized spacial score (nSPS) is 14.4. The topological polar surface area (TPSA) is 29.3 Å². The summed E-state index contributed by atoms with van der Waals surface area (Å²) in [6.45, 7) is 1.98. The molecule has 4 aromatic carbocycles. The summed E-state index contributed by atoms with van der Waals surface area (Å²) < 4.78 is 6.76. The van der Waals surface area contributed by atoms with Gasteiger partial charge in [-0.05, 0) is 60.9 Å². The molecule has 2 heterocycles. The van der Waals surface area contributed by atoms with Crippen LogP contribution in [0, 0.1) is 0 Å². The largest absolute Gasteiger partial charge is 0.417 e. The molecule has 1 aromatic heterocycles. The van der Waals surface area contributed by atoms with E-state index >= 15 is 0 Å². The monoisotopic (exact) mass is 529 g/mol. The van der Waals surface area contributed by atoms with Crippen molar-refractivity contribution < 1.29 is 4.42 Å². The zero-order valence-electron chi connectivity index (χ0n) is 22.2. The first kappa shape index (κ1) is 25.3. The third-order valence-electron chi connectivity index (χ3n) is 7.47. The van der Waals surface area contributed by atoms with Crippen LogP contribution >= 0.6 is 7.26 Å². The zero-order chi connectivity index (χ0) is 26.3. The summed E-state index contributed by atoms with van der Waals surface area (Å²) in [6, 6.07) is 43.2. The third kappa shape index (κ3) is 5.20. The Morgan fingerprint density at radius 1 is 0.564 bits per heavy atom. The fourth-order valence-corrected chi connectivity index (χ4v) is 9.80. The van der Waals surface area contributed by atoms with Gasteiger partial charge in [-0.2, -0.15) is 4.98 Å². The van der Waals surface area contributed by atoms with Crippen molar-refractivity contribution in [3.63, 3.8) is 0 Å². The molecule has 0 radical (unpaired) electrons. The van der Waals surface area contributed by atoms with Crippen molar-refractivity contribution in [1.82, 2.24) is 4.98 Å². The van der Waals surface area contributed by atoms with Crippen molar-refractivity contribution in [3.8, 4) is 0 Å². The Bertz CT molecular complexity index is 1390. The van der Waals surface area contributed by atoms with Crippen LogP contribution in [0.4, 0.5) is 5.88 Å². The van der Waals surface area contributed by atoms with Crippen LogP contribution in [-0.2, 0) is 0 Å². The second-order valence-electron chi connectivity index (χ2n) is 10.0. The highest BCUT2D eigenvalue weighted by Crippen LogP contribution is 2.56. The lowest BCUT2D eigenvalue weighted by Crippen LogP contribution is -2.42. The molecule has 0 aliphatic carbocycles. The number of anilines is 1.